The molecule has 0 saturated heterocycles. The van der Waals surface area contributed by atoms with Crippen molar-refractivity contribution < 1.29 is 17.9 Å². The average molecular weight is 466 g/mol. The molecule has 2 N–H and O–H groups in total. The molecule has 0 saturated carbocycles. The van der Waals surface area contributed by atoms with E-state index in [1.54, 1.807) is 43.6 Å². The van der Waals surface area contributed by atoms with Crippen molar-refractivity contribution in [1.29, 1.82) is 0 Å². The van der Waals surface area contributed by atoms with E-state index in [-0.39, 0.29) is 11.3 Å². The molecule has 4 aromatic heterocycles. The summed E-state index contributed by atoms with van der Waals surface area (Å²) in [6.07, 6.45) is -0.265. The third kappa shape index (κ3) is 3.33. The molecule has 0 atom stereocenters. The van der Waals surface area contributed by atoms with Crippen LogP contribution in [0.1, 0.15) is 5.56 Å². The lowest BCUT2D eigenvalue weighted by Gasteiger charge is -2.12. The summed E-state index contributed by atoms with van der Waals surface area (Å²) in [7, 11) is 3.11. The predicted molar refractivity (Wildman–Crippen MR) is 121 cm³/mol. The minimum atomic E-state index is -4.64. The number of ether oxygens (including phenoxy) is 1. The largest absolute Gasteiger partial charge is 0.481 e. The second-order valence-electron chi connectivity index (χ2n) is 7.61. The number of nitrogen functional groups attached to an aromatic ring is 1. The molecular formula is C23H17F3N6O2. The fraction of sp³-hybridized carbons (Fsp3) is 0.130. The molecule has 5 rings (SSSR count). The second kappa shape index (κ2) is 7.58. The van der Waals surface area contributed by atoms with E-state index in [2.05, 4.69) is 15.0 Å². The van der Waals surface area contributed by atoms with Crippen LogP contribution in [0.25, 0.3) is 38.8 Å². The third-order valence-corrected chi connectivity index (χ3v) is 5.63. The van der Waals surface area contributed by atoms with Crippen molar-refractivity contribution in [3.63, 3.8) is 0 Å². The zero-order chi connectivity index (χ0) is 24.2. The molecule has 172 valence electrons. The molecule has 0 fully saturated rings. The van der Waals surface area contributed by atoms with Crippen molar-refractivity contribution >= 4 is 27.8 Å². The van der Waals surface area contributed by atoms with Crippen LogP contribution in [-0.2, 0) is 13.2 Å². The molecule has 0 amide bonds. The molecule has 0 aliphatic carbocycles. The highest BCUT2D eigenvalue weighted by Crippen LogP contribution is 2.36. The smallest absolute Gasteiger partial charge is 0.419 e. The van der Waals surface area contributed by atoms with Gasteiger partial charge < -0.3 is 10.5 Å². The van der Waals surface area contributed by atoms with Gasteiger partial charge in [-0.25, -0.2) is 14.8 Å². The molecule has 8 nitrogen and oxygen atoms in total. The lowest BCUT2D eigenvalue weighted by atomic mass is 10.0. The Kier molecular flexibility index (Phi) is 4.78. The number of methoxy groups -OCH3 is 1. The summed E-state index contributed by atoms with van der Waals surface area (Å²) >= 11 is 0. The Bertz CT molecular complexity index is 1620. The number of benzene rings is 1. The SMILES string of the molecule is COc1ccc(-n2c(=O)n(C)c3cnc4ccc(-c5cnc(N)c(C(F)(F)F)c5)cc4c32)cn1. The van der Waals surface area contributed by atoms with E-state index in [0.29, 0.717) is 39.1 Å². The Hall–Kier alpha value is -4.41. The van der Waals surface area contributed by atoms with Crippen LogP contribution in [0.3, 0.4) is 0 Å². The van der Waals surface area contributed by atoms with Crippen LogP contribution in [0, 0.1) is 0 Å². The number of anilines is 1. The maximum absolute atomic E-state index is 13.4. The van der Waals surface area contributed by atoms with Crippen LogP contribution in [0.2, 0.25) is 0 Å². The molecular weight excluding hydrogens is 449 g/mol. The molecule has 34 heavy (non-hydrogen) atoms. The monoisotopic (exact) mass is 466 g/mol. The van der Waals surface area contributed by atoms with Gasteiger partial charge >= 0.3 is 11.9 Å². The number of alkyl halides is 3. The summed E-state index contributed by atoms with van der Waals surface area (Å²) in [6.45, 7) is 0. The van der Waals surface area contributed by atoms with Crippen LogP contribution in [-0.4, -0.2) is 31.2 Å². The summed E-state index contributed by atoms with van der Waals surface area (Å²) < 4.78 is 48.1. The normalized spacial score (nSPS) is 11.9. The number of imidazole rings is 1. The van der Waals surface area contributed by atoms with Gasteiger partial charge in [-0.2, -0.15) is 13.2 Å². The van der Waals surface area contributed by atoms with Crippen molar-refractivity contribution in [2.75, 3.05) is 12.8 Å². The molecule has 11 heteroatoms. The Labute approximate surface area is 190 Å². The number of halogens is 3. The van der Waals surface area contributed by atoms with Gasteiger partial charge in [-0.1, -0.05) is 6.07 Å². The van der Waals surface area contributed by atoms with Crippen molar-refractivity contribution in [3.05, 3.63) is 71.0 Å². The summed E-state index contributed by atoms with van der Waals surface area (Å²) in [5, 5.41) is 0.578. The molecule has 0 bridgehead atoms. The van der Waals surface area contributed by atoms with Gasteiger partial charge in [0.1, 0.15) is 5.82 Å². The first-order chi connectivity index (χ1) is 16.2. The van der Waals surface area contributed by atoms with Crippen LogP contribution < -0.4 is 16.2 Å². The third-order valence-electron chi connectivity index (χ3n) is 5.63. The van der Waals surface area contributed by atoms with Crippen LogP contribution >= 0.6 is 0 Å². The average Bonchev–Trinajstić information content (AvgIpc) is 3.09. The maximum atomic E-state index is 13.4. The lowest BCUT2D eigenvalue weighted by molar-refractivity contribution is -0.137. The molecule has 5 aromatic rings. The number of rotatable bonds is 3. The number of nitrogens with two attached hydrogens (primary N) is 1. The van der Waals surface area contributed by atoms with E-state index in [0.717, 1.165) is 6.07 Å². The highest BCUT2D eigenvalue weighted by molar-refractivity contribution is 6.04. The fourth-order valence-corrected chi connectivity index (χ4v) is 3.90. The quantitative estimate of drug-likeness (QED) is 0.432. The van der Waals surface area contributed by atoms with E-state index in [9.17, 15) is 18.0 Å². The number of fused-ring (bicyclic) bond motifs is 3. The van der Waals surface area contributed by atoms with Gasteiger partial charge in [0, 0.05) is 30.3 Å². The van der Waals surface area contributed by atoms with Gasteiger partial charge in [0.2, 0.25) is 5.88 Å². The maximum Gasteiger partial charge on any atom is 0.419 e. The molecule has 1 aromatic carbocycles. The zero-order valence-corrected chi connectivity index (χ0v) is 18.0. The standard InChI is InChI=1S/C23H17F3N6O2/c1-31-18-11-28-17-5-3-12(13-8-16(23(24,25)26)21(27)30-9-13)7-15(17)20(18)32(22(31)33)14-4-6-19(34-2)29-10-14/h3-11H,1-2H3,(H2,27,30). The van der Waals surface area contributed by atoms with Crippen molar-refractivity contribution in [3.8, 4) is 22.7 Å². The Morgan fingerprint density at radius 1 is 0.971 bits per heavy atom. The number of aromatic nitrogens is 5. The first kappa shape index (κ1) is 21.4. The van der Waals surface area contributed by atoms with Crippen LogP contribution in [0.5, 0.6) is 5.88 Å². The van der Waals surface area contributed by atoms with E-state index in [1.165, 1.54) is 28.6 Å². The van der Waals surface area contributed by atoms with E-state index in [4.69, 9.17) is 10.5 Å². The predicted octanol–water partition coefficient (Wildman–Crippen LogP) is 3.94. The molecule has 0 radical (unpaired) electrons. The van der Waals surface area contributed by atoms with Crippen LogP contribution in [0.4, 0.5) is 19.0 Å². The minimum Gasteiger partial charge on any atom is -0.481 e. The van der Waals surface area contributed by atoms with Crippen molar-refractivity contribution in [2.45, 2.75) is 6.18 Å². The zero-order valence-electron chi connectivity index (χ0n) is 18.0. The lowest BCUT2D eigenvalue weighted by Crippen LogP contribution is -2.20. The van der Waals surface area contributed by atoms with Gasteiger partial charge in [0.15, 0.2) is 0 Å². The van der Waals surface area contributed by atoms with Gasteiger partial charge in [0.05, 0.1) is 47.3 Å². The second-order valence-corrected chi connectivity index (χ2v) is 7.61. The molecule has 0 spiro atoms. The Balaban J connectivity index is 1.79. The van der Waals surface area contributed by atoms with Crippen molar-refractivity contribution in [2.24, 2.45) is 7.05 Å². The van der Waals surface area contributed by atoms with Crippen molar-refractivity contribution in [1.82, 2.24) is 24.1 Å². The number of nitrogens with zero attached hydrogens (tertiary/aromatic N) is 5. The van der Waals surface area contributed by atoms with Gasteiger partial charge in [-0.05, 0) is 29.8 Å². The first-order valence-electron chi connectivity index (χ1n) is 10.0. The Morgan fingerprint density at radius 2 is 1.76 bits per heavy atom. The number of pyridine rings is 3. The summed E-state index contributed by atoms with van der Waals surface area (Å²) in [6, 6.07) is 9.31. The first-order valence-corrected chi connectivity index (χ1v) is 10.0. The minimum absolute atomic E-state index is 0.233. The number of hydrogen-bond donors (Lipinski definition) is 1. The van der Waals surface area contributed by atoms with E-state index in [1.807, 2.05) is 0 Å². The summed E-state index contributed by atoms with van der Waals surface area (Å²) in [4.78, 5) is 25.5. The molecule has 4 heterocycles. The molecule has 0 unspecified atom stereocenters. The van der Waals surface area contributed by atoms with Gasteiger partial charge in [-0.3, -0.25) is 14.1 Å². The topological polar surface area (TPSA) is 101 Å². The molecule has 0 aliphatic rings. The molecule has 0 aliphatic heterocycles. The highest BCUT2D eigenvalue weighted by Gasteiger charge is 2.34. The van der Waals surface area contributed by atoms with E-state index < -0.39 is 17.6 Å². The summed E-state index contributed by atoms with van der Waals surface area (Å²) in [5.41, 5.74) is 6.98. The van der Waals surface area contributed by atoms with Gasteiger partial charge in [0.25, 0.3) is 0 Å². The number of hydrogen-bond acceptors (Lipinski definition) is 6. The summed E-state index contributed by atoms with van der Waals surface area (Å²) in [5.74, 6) is -0.202. The number of aryl methyl sites for hydroxylation is 1. The highest BCUT2D eigenvalue weighted by atomic mass is 19.4. The van der Waals surface area contributed by atoms with E-state index >= 15 is 0 Å². The van der Waals surface area contributed by atoms with Crippen LogP contribution in [0.15, 0.2) is 59.8 Å². The fourth-order valence-electron chi connectivity index (χ4n) is 3.90. The van der Waals surface area contributed by atoms with Gasteiger partial charge in [-0.15, -0.1) is 0 Å². The Morgan fingerprint density at radius 3 is 2.44 bits per heavy atom.